The number of nitrogens with zero attached hydrogens (tertiary/aromatic N) is 1. The summed E-state index contributed by atoms with van der Waals surface area (Å²) < 4.78 is 5.40. The fourth-order valence-corrected chi connectivity index (χ4v) is 4.85. The Kier molecular flexibility index (Phi) is 10.2. The van der Waals surface area contributed by atoms with Gasteiger partial charge in [0, 0.05) is 35.6 Å². The van der Waals surface area contributed by atoms with Gasteiger partial charge in [-0.15, -0.1) is 11.8 Å². The zero-order valence-electron chi connectivity index (χ0n) is 22.5. The first-order chi connectivity index (χ1) is 17.6. The van der Waals surface area contributed by atoms with Crippen LogP contribution in [0.5, 0.6) is 5.75 Å². The molecule has 196 valence electrons. The maximum atomic E-state index is 13.7. The monoisotopic (exact) mass is 518 g/mol. The van der Waals surface area contributed by atoms with E-state index in [1.165, 1.54) is 5.56 Å². The molecule has 0 saturated carbocycles. The Morgan fingerprint density at radius 2 is 1.62 bits per heavy atom. The molecule has 3 aromatic rings. The van der Waals surface area contributed by atoms with Crippen molar-refractivity contribution < 1.29 is 14.3 Å². The number of nitrogens with one attached hydrogen (secondary N) is 1. The number of amides is 2. The molecule has 0 aromatic heterocycles. The summed E-state index contributed by atoms with van der Waals surface area (Å²) in [6.45, 7) is 8.25. The number of methoxy groups -OCH3 is 1. The second-order valence-corrected chi connectivity index (χ2v) is 11.4. The Morgan fingerprint density at radius 3 is 2.27 bits per heavy atom. The minimum absolute atomic E-state index is 0.0487. The first-order valence-corrected chi connectivity index (χ1v) is 13.6. The molecule has 1 N–H and O–H groups in total. The minimum Gasteiger partial charge on any atom is -0.497 e. The van der Waals surface area contributed by atoms with E-state index in [0.717, 1.165) is 21.8 Å². The molecule has 0 radical (unpaired) electrons. The van der Waals surface area contributed by atoms with E-state index < -0.39 is 11.6 Å². The molecule has 0 spiro atoms. The smallest absolute Gasteiger partial charge is 0.243 e. The van der Waals surface area contributed by atoms with Crippen molar-refractivity contribution in [2.75, 3.05) is 12.9 Å². The Morgan fingerprint density at radius 1 is 0.946 bits per heavy atom. The molecule has 3 aromatic carbocycles. The van der Waals surface area contributed by atoms with Crippen molar-refractivity contribution in [3.63, 3.8) is 0 Å². The van der Waals surface area contributed by atoms with Crippen LogP contribution in [0.3, 0.4) is 0 Å². The zero-order valence-corrected chi connectivity index (χ0v) is 23.3. The lowest BCUT2D eigenvalue weighted by Gasteiger charge is -2.34. The fourth-order valence-electron chi connectivity index (χ4n) is 4.01. The summed E-state index contributed by atoms with van der Waals surface area (Å²) >= 11 is 1.65. The van der Waals surface area contributed by atoms with Crippen molar-refractivity contribution in [3.05, 3.63) is 95.6 Å². The molecule has 37 heavy (non-hydrogen) atoms. The van der Waals surface area contributed by atoms with E-state index in [-0.39, 0.29) is 11.8 Å². The highest BCUT2D eigenvalue weighted by Gasteiger charge is 2.32. The van der Waals surface area contributed by atoms with Crippen molar-refractivity contribution in [2.24, 2.45) is 0 Å². The normalized spacial score (nSPS) is 12.0. The van der Waals surface area contributed by atoms with Gasteiger partial charge < -0.3 is 15.0 Å². The molecule has 5 nitrogen and oxygen atoms in total. The first kappa shape index (κ1) is 28.3. The maximum Gasteiger partial charge on any atom is 0.243 e. The van der Waals surface area contributed by atoms with Crippen LogP contribution in [0.2, 0.25) is 0 Å². The average molecular weight is 519 g/mol. The van der Waals surface area contributed by atoms with Crippen molar-refractivity contribution in [3.8, 4) is 5.75 Å². The molecule has 2 amide bonds. The predicted molar refractivity (Wildman–Crippen MR) is 152 cm³/mol. The Bertz CT molecular complexity index is 1160. The molecule has 0 fully saturated rings. The molecule has 0 bridgehead atoms. The number of aryl methyl sites for hydroxylation is 1. The quantitative estimate of drug-likeness (QED) is 0.315. The maximum absolute atomic E-state index is 13.7. The summed E-state index contributed by atoms with van der Waals surface area (Å²) in [5.41, 5.74) is 2.71. The largest absolute Gasteiger partial charge is 0.497 e. The van der Waals surface area contributed by atoms with Crippen molar-refractivity contribution >= 4 is 23.6 Å². The lowest BCUT2D eigenvalue weighted by atomic mass is 10.0. The van der Waals surface area contributed by atoms with E-state index in [1.54, 1.807) is 23.8 Å². The molecule has 0 aliphatic heterocycles. The van der Waals surface area contributed by atoms with E-state index in [1.807, 2.05) is 75.4 Å². The SMILES string of the molecule is COc1cccc(CN(C(=O)CCSc2ccc(C)cc2)[C@H](Cc2ccccc2)C(=O)NC(C)(C)C)c1. The molecule has 0 saturated heterocycles. The first-order valence-electron chi connectivity index (χ1n) is 12.6. The number of carbonyl (C=O) groups excluding carboxylic acids is 2. The van der Waals surface area contributed by atoms with Gasteiger partial charge in [0.15, 0.2) is 0 Å². The number of ether oxygens (including phenoxy) is 1. The molecular formula is C31H38N2O3S. The van der Waals surface area contributed by atoms with E-state index in [4.69, 9.17) is 4.74 Å². The molecule has 0 aliphatic carbocycles. The van der Waals surface area contributed by atoms with Gasteiger partial charge in [-0.2, -0.15) is 0 Å². The third-order valence-electron chi connectivity index (χ3n) is 5.86. The van der Waals surface area contributed by atoms with Gasteiger partial charge in [-0.05, 0) is 63.1 Å². The molecule has 0 aliphatic rings. The highest BCUT2D eigenvalue weighted by Crippen LogP contribution is 2.23. The average Bonchev–Trinajstić information content (AvgIpc) is 2.87. The Balaban J connectivity index is 1.88. The van der Waals surface area contributed by atoms with Gasteiger partial charge in [-0.25, -0.2) is 0 Å². The highest BCUT2D eigenvalue weighted by atomic mass is 32.2. The second kappa shape index (κ2) is 13.3. The number of benzene rings is 3. The van der Waals surface area contributed by atoms with Crippen LogP contribution in [0.1, 0.15) is 43.9 Å². The second-order valence-electron chi connectivity index (χ2n) is 10.2. The van der Waals surface area contributed by atoms with Crippen molar-refractivity contribution in [1.82, 2.24) is 10.2 Å². The van der Waals surface area contributed by atoms with Crippen LogP contribution in [0, 0.1) is 6.92 Å². The molecule has 1 atom stereocenters. The molecular weight excluding hydrogens is 480 g/mol. The Labute approximate surface area is 225 Å². The highest BCUT2D eigenvalue weighted by molar-refractivity contribution is 7.99. The van der Waals surface area contributed by atoms with Crippen molar-refractivity contribution in [1.29, 1.82) is 0 Å². The molecule has 6 heteroatoms. The van der Waals surface area contributed by atoms with E-state index in [9.17, 15) is 9.59 Å². The number of hydrogen-bond donors (Lipinski definition) is 1. The van der Waals surface area contributed by atoms with Crippen LogP contribution in [0.4, 0.5) is 0 Å². The van der Waals surface area contributed by atoms with Gasteiger partial charge in [0.05, 0.1) is 7.11 Å². The van der Waals surface area contributed by atoms with Crippen molar-refractivity contribution in [2.45, 2.75) is 63.6 Å². The van der Waals surface area contributed by atoms with E-state index in [0.29, 0.717) is 25.1 Å². The van der Waals surface area contributed by atoms with Gasteiger partial charge in [-0.1, -0.05) is 60.2 Å². The third-order valence-corrected chi connectivity index (χ3v) is 6.88. The summed E-state index contributed by atoms with van der Waals surface area (Å²) in [5, 5.41) is 3.11. The lowest BCUT2D eigenvalue weighted by molar-refractivity contribution is -0.141. The van der Waals surface area contributed by atoms with Crippen LogP contribution >= 0.6 is 11.8 Å². The fraction of sp³-hybridized carbons (Fsp3) is 0.355. The number of carbonyl (C=O) groups is 2. The number of thioether (sulfide) groups is 1. The standard InChI is InChI=1S/C31H38N2O3S/c1-23-14-16-27(17-15-23)37-19-18-29(34)33(22-25-12-9-13-26(20-25)36-5)28(30(35)32-31(2,3)4)21-24-10-7-6-8-11-24/h6-17,20,28H,18-19,21-22H2,1-5H3,(H,32,35)/t28-/m1/s1. The number of hydrogen-bond acceptors (Lipinski definition) is 4. The van der Waals surface area contributed by atoms with Gasteiger partial charge in [0.25, 0.3) is 0 Å². The third kappa shape index (κ3) is 9.29. The molecule has 3 rings (SSSR count). The summed E-state index contributed by atoms with van der Waals surface area (Å²) in [6.07, 6.45) is 0.764. The summed E-state index contributed by atoms with van der Waals surface area (Å²) in [5.74, 6) is 1.15. The topological polar surface area (TPSA) is 58.6 Å². The summed E-state index contributed by atoms with van der Waals surface area (Å²) in [7, 11) is 1.62. The lowest BCUT2D eigenvalue weighted by Crippen LogP contribution is -2.54. The van der Waals surface area contributed by atoms with E-state index in [2.05, 4.69) is 36.5 Å². The Hall–Kier alpha value is -3.25. The number of rotatable bonds is 11. The van der Waals surface area contributed by atoms with Crippen LogP contribution in [-0.2, 0) is 22.6 Å². The van der Waals surface area contributed by atoms with Gasteiger partial charge >= 0.3 is 0 Å². The summed E-state index contributed by atoms with van der Waals surface area (Å²) in [6, 6.07) is 25.2. The molecule has 0 unspecified atom stereocenters. The van der Waals surface area contributed by atoms with Crippen LogP contribution < -0.4 is 10.1 Å². The van der Waals surface area contributed by atoms with Gasteiger partial charge in [0.1, 0.15) is 11.8 Å². The molecule has 0 heterocycles. The predicted octanol–water partition coefficient (Wildman–Crippen LogP) is 6.04. The van der Waals surface area contributed by atoms with Gasteiger partial charge in [0.2, 0.25) is 11.8 Å². The van der Waals surface area contributed by atoms with Crippen LogP contribution in [0.25, 0.3) is 0 Å². The van der Waals surface area contributed by atoms with Crippen LogP contribution in [-0.4, -0.2) is 41.2 Å². The van der Waals surface area contributed by atoms with Gasteiger partial charge in [-0.3, -0.25) is 9.59 Å². The minimum atomic E-state index is -0.648. The summed E-state index contributed by atoms with van der Waals surface area (Å²) in [4.78, 5) is 30.2. The zero-order chi connectivity index (χ0) is 26.8. The van der Waals surface area contributed by atoms with E-state index >= 15 is 0 Å². The van der Waals surface area contributed by atoms with Crippen LogP contribution in [0.15, 0.2) is 83.8 Å².